The molecular weight excluding hydrogens is 564 g/mol. The zero-order chi connectivity index (χ0) is 32.0. The number of benzene rings is 4. The molecule has 0 heterocycles. The van der Waals surface area contributed by atoms with E-state index in [9.17, 15) is 20.4 Å². The fourth-order valence-electron chi connectivity index (χ4n) is 7.19. The molecule has 0 atom stereocenters. The first-order chi connectivity index (χ1) is 20.7. The third kappa shape index (κ3) is 6.30. The Hall–Kier alpha value is -3.57. The minimum absolute atomic E-state index is 0.0199. The molecule has 0 aliphatic heterocycles. The number of hydrogen-bond donors (Lipinski definition) is 5. The van der Waals surface area contributed by atoms with E-state index in [2.05, 4.69) is 57.7 Å². The van der Waals surface area contributed by atoms with Crippen LogP contribution in [0.2, 0.25) is 0 Å². The van der Waals surface area contributed by atoms with Crippen LogP contribution >= 0.6 is 12.6 Å². The van der Waals surface area contributed by atoms with Gasteiger partial charge in [0.2, 0.25) is 0 Å². The van der Waals surface area contributed by atoms with Crippen molar-refractivity contribution in [2.45, 2.75) is 95.8 Å². The SMILES string of the molecule is Cc1cc(Cc2cc(C(C)(C)C3CCC(C)(c4cc(C)c(O)c(Cc5ccc(O)cc5)c4)CC3)cc(C)c2O)cc(S)c1O. The predicted octanol–water partition coefficient (Wildman–Crippen LogP) is 9.33. The molecule has 5 rings (SSSR count). The van der Waals surface area contributed by atoms with E-state index in [0.717, 1.165) is 64.6 Å². The van der Waals surface area contributed by atoms with E-state index in [1.165, 1.54) is 11.1 Å². The maximum Gasteiger partial charge on any atom is 0.131 e. The number of hydrogen-bond acceptors (Lipinski definition) is 5. The number of aryl methyl sites for hydroxylation is 3. The highest BCUT2D eigenvalue weighted by molar-refractivity contribution is 7.80. The van der Waals surface area contributed by atoms with Crippen molar-refractivity contribution in [3.8, 4) is 23.0 Å². The minimum Gasteiger partial charge on any atom is -0.508 e. The van der Waals surface area contributed by atoms with Crippen LogP contribution in [0, 0.1) is 26.7 Å². The second-order valence-electron chi connectivity index (χ2n) is 14.0. The van der Waals surface area contributed by atoms with Crippen molar-refractivity contribution in [3.05, 3.63) is 111 Å². The first-order valence-electron chi connectivity index (χ1n) is 15.6. The molecule has 0 amide bonds. The number of phenolic OH excluding ortho intramolecular Hbond substituents is 4. The Morgan fingerprint density at radius 2 is 1.25 bits per heavy atom. The number of aromatic hydroxyl groups is 4. The van der Waals surface area contributed by atoms with E-state index in [4.69, 9.17) is 0 Å². The highest BCUT2D eigenvalue weighted by atomic mass is 32.1. The van der Waals surface area contributed by atoms with Gasteiger partial charge in [-0.15, -0.1) is 12.6 Å². The summed E-state index contributed by atoms with van der Waals surface area (Å²) in [5, 5.41) is 41.8. The first-order valence-corrected chi connectivity index (χ1v) is 16.1. The fourth-order valence-corrected chi connectivity index (χ4v) is 7.53. The summed E-state index contributed by atoms with van der Waals surface area (Å²) in [4.78, 5) is 0.550. The summed E-state index contributed by atoms with van der Waals surface area (Å²) in [6.07, 6.45) is 5.49. The smallest absolute Gasteiger partial charge is 0.131 e. The van der Waals surface area contributed by atoms with Gasteiger partial charge in [0, 0.05) is 17.7 Å². The van der Waals surface area contributed by atoms with Crippen molar-refractivity contribution in [1.29, 1.82) is 0 Å². The molecule has 4 nitrogen and oxygen atoms in total. The molecule has 0 saturated heterocycles. The van der Waals surface area contributed by atoms with E-state index in [1.807, 2.05) is 45.0 Å². The van der Waals surface area contributed by atoms with Gasteiger partial charge in [0.05, 0.1) is 0 Å². The lowest BCUT2D eigenvalue weighted by Crippen LogP contribution is -2.37. The molecule has 0 unspecified atom stereocenters. The summed E-state index contributed by atoms with van der Waals surface area (Å²) in [6, 6.07) is 19.7. The lowest BCUT2D eigenvalue weighted by atomic mass is 9.60. The largest absolute Gasteiger partial charge is 0.508 e. The Morgan fingerprint density at radius 1 is 0.705 bits per heavy atom. The fraction of sp³-hybridized carbons (Fsp3) is 0.385. The summed E-state index contributed by atoms with van der Waals surface area (Å²) < 4.78 is 0. The van der Waals surface area contributed by atoms with E-state index in [1.54, 1.807) is 12.1 Å². The Morgan fingerprint density at radius 3 is 1.86 bits per heavy atom. The second kappa shape index (κ2) is 12.1. The van der Waals surface area contributed by atoms with Crippen LogP contribution in [-0.4, -0.2) is 20.4 Å². The monoisotopic (exact) mass is 610 g/mol. The summed E-state index contributed by atoms with van der Waals surface area (Å²) in [5.41, 5.74) is 8.93. The van der Waals surface area contributed by atoms with Crippen molar-refractivity contribution in [1.82, 2.24) is 0 Å². The normalized spacial score (nSPS) is 18.8. The lowest BCUT2D eigenvalue weighted by molar-refractivity contribution is 0.178. The van der Waals surface area contributed by atoms with Gasteiger partial charge in [-0.05, 0) is 131 Å². The van der Waals surface area contributed by atoms with Gasteiger partial charge in [0.25, 0.3) is 0 Å². The quantitative estimate of drug-likeness (QED) is 0.135. The summed E-state index contributed by atoms with van der Waals surface area (Å²) in [7, 11) is 0. The summed E-state index contributed by atoms with van der Waals surface area (Å²) in [5.74, 6) is 1.62. The Balaban J connectivity index is 1.36. The molecule has 4 aromatic carbocycles. The van der Waals surface area contributed by atoms with Crippen molar-refractivity contribution in [2.75, 3.05) is 0 Å². The maximum absolute atomic E-state index is 11.0. The molecule has 0 spiro atoms. The third-order valence-corrected chi connectivity index (χ3v) is 10.7. The first kappa shape index (κ1) is 31.8. The summed E-state index contributed by atoms with van der Waals surface area (Å²) >= 11 is 4.43. The molecule has 0 aromatic heterocycles. The van der Waals surface area contributed by atoms with Gasteiger partial charge >= 0.3 is 0 Å². The van der Waals surface area contributed by atoms with Crippen molar-refractivity contribution < 1.29 is 20.4 Å². The molecule has 1 fully saturated rings. The van der Waals surface area contributed by atoms with Gasteiger partial charge in [-0.25, -0.2) is 0 Å². The van der Waals surface area contributed by atoms with Crippen LogP contribution in [0.3, 0.4) is 0 Å². The highest BCUT2D eigenvalue weighted by Gasteiger charge is 2.40. The zero-order valence-electron chi connectivity index (χ0n) is 26.8. The predicted molar refractivity (Wildman–Crippen MR) is 182 cm³/mol. The van der Waals surface area contributed by atoms with Gasteiger partial charge in [-0.2, -0.15) is 0 Å². The van der Waals surface area contributed by atoms with Crippen LogP contribution in [0.1, 0.15) is 96.5 Å². The van der Waals surface area contributed by atoms with Crippen molar-refractivity contribution >= 4 is 12.6 Å². The van der Waals surface area contributed by atoms with Gasteiger partial charge in [0.15, 0.2) is 0 Å². The van der Waals surface area contributed by atoms with Crippen LogP contribution in [-0.2, 0) is 23.7 Å². The zero-order valence-corrected chi connectivity index (χ0v) is 27.7. The molecule has 5 heteroatoms. The molecule has 44 heavy (non-hydrogen) atoms. The third-order valence-electron chi connectivity index (χ3n) is 10.4. The van der Waals surface area contributed by atoms with Crippen molar-refractivity contribution in [3.63, 3.8) is 0 Å². The topological polar surface area (TPSA) is 80.9 Å². The number of rotatable bonds is 7. The minimum atomic E-state index is -0.0803. The van der Waals surface area contributed by atoms with E-state index >= 15 is 0 Å². The van der Waals surface area contributed by atoms with Gasteiger partial charge in [-0.3, -0.25) is 0 Å². The van der Waals surface area contributed by atoms with Crippen LogP contribution in [0.5, 0.6) is 23.0 Å². The molecular formula is C39H46O4S. The molecule has 0 radical (unpaired) electrons. The van der Waals surface area contributed by atoms with E-state index in [0.29, 0.717) is 35.2 Å². The number of thiol groups is 1. The van der Waals surface area contributed by atoms with E-state index in [-0.39, 0.29) is 22.3 Å². The molecule has 4 aromatic rings. The molecule has 1 saturated carbocycles. The standard InChI is InChI=1S/C39H46O4S/c1-23-15-27(20-34(44)37(23)43)19-29-21-31(16-24(2)35(29)41)38(4,5)30-11-13-39(6,14-12-30)32-17-25(3)36(42)28(22-32)18-26-7-9-33(40)10-8-26/h7-10,15-17,20-22,30,40-44H,11-14,18-19H2,1-6H3. The molecule has 1 aliphatic rings. The second-order valence-corrected chi connectivity index (χ2v) is 14.4. The van der Waals surface area contributed by atoms with E-state index < -0.39 is 0 Å². The van der Waals surface area contributed by atoms with Gasteiger partial charge in [-0.1, -0.05) is 63.2 Å². The molecule has 232 valence electrons. The van der Waals surface area contributed by atoms with Crippen molar-refractivity contribution in [2.24, 2.45) is 5.92 Å². The Labute approximate surface area is 267 Å². The molecule has 0 bridgehead atoms. The Bertz CT molecular complexity index is 1650. The lowest BCUT2D eigenvalue weighted by Gasteiger charge is -2.44. The average molecular weight is 611 g/mol. The molecule has 4 N–H and O–H groups in total. The average Bonchev–Trinajstić information content (AvgIpc) is 2.97. The van der Waals surface area contributed by atoms with Crippen LogP contribution in [0.25, 0.3) is 0 Å². The molecule has 1 aliphatic carbocycles. The van der Waals surface area contributed by atoms with Crippen LogP contribution < -0.4 is 0 Å². The Kier molecular flexibility index (Phi) is 8.74. The number of phenols is 4. The maximum atomic E-state index is 11.0. The van der Waals surface area contributed by atoms with Crippen LogP contribution in [0.4, 0.5) is 0 Å². The highest BCUT2D eigenvalue weighted by Crippen LogP contribution is 2.49. The van der Waals surface area contributed by atoms with Crippen LogP contribution in [0.15, 0.2) is 65.6 Å². The van der Waals surface area contributed by atoms with Gasteiger partial charge < -0.3 is 20.4 Å². The van der Waals surface area contributed by atoms with Gasteiger partial charge in [0.1, 0.15) is 23.0 Å². The summed E-state index contributed by atoms with van der Waals surface area (Å²) in [6.45, 7) is 12.9.